The Morgan fingerprint density at radius 1 is 1.22 bits per heavy atom. The molecule has 0 aliphatic heterocycles. The summed E-state index contributed by atoms with van der Waals surface area (Å²) in [5.74, 6) is 0.498. The van der Waals surface area contributed by atoms with Crippen molar-refractivity contribution in [2.24, 2.45) is 0 Å². The second-order valence-electron chi connectivity index (χ2n) is 5.40. The Labute approximate surface area is 136 Å². The number of benzene rings is 1. The zero-order valence-electron chi connectivity index (χ0n) is 12.7. The van der Waals surface area contributed by atoms with Crippen molar-refractivity contribution in [2.45, 2.75) is 6.92 Å². The van der Waals surface area contributed by atoms with Crippen LogP contribution in [-0.2, 0) is 0 Å². The summed E-state index contributed by atoms with van der Waals surface area (Å²) in [6, 6.07) is 11.6. The van der Waals surface area contributed by atoms with Crippen LogP contribution >= 0.6 is 11.3 Å². The van der Waals surface area contributed by atoms with Crippen molar-refractivity contribution < 1.29 is 4.74 Å². The van der Waals surface area contributed by atoms with Gasteiger partial charge in [-0.05, 0) is 18.6 Å². The minimum atomic E-state index is -0.0308. The summed E-state index contributed by atoms with van der Waals surface area (Å²) in [4.78, 5) is 20.2. The maximum absolute atomic E-state index is 12.6. The molecular formula is C18H14N2O2S. The lowest BCUT2D eigenvalue weighted by atomic mass is 10.1. The van der Waals surface area contributed by atoms with Gasteiger partial charge in [-0.25, -0.2) is 0 Å². The number of methoxy groups -OCH3 is 1. The summed E-state index contributed by atoms with van der Waals surface area (Å²) in [6.45, 7) is 1.89. The number of ether oxygens (including phenoxy) is 1. The molecule has 0 fully saturated rings. The van der Waals surface area contributed by atoms with Gasteiger partial charge < -0.3 is 9.72 Å². The fourth-order valence-corrected chi connectivity index (χ4v) is 3.81. The van der Waals surface area contributed by atoms with Crippen LogP contribution in [0.2, 0.25) is 0 Å². The molecule has 0 amide bonds. The molecule has 0 bridgehead atoms. The van der Waals surface area contributed by atoms with Crippen LogP contribution in [0.25, 0.3) is 32.4 Å². The molecule has 0 unspecified atom stereocenters. The average molecular weight is 322 g/mol. The Balaban J connectivity index is 2.03. The van der Waals surface area contributed by atoms with Crippen molar-refractivity contribution in [3.8, 4) is 17.1 Å². The molecule has 1 aromatic carbocycles. The van der Waals surface area contributed by atoms with Crippen molar-refractivity contribution in [2.75, 3.05) is 7.11 Å². The quantitative estimate of drug-likeness (QED) is 0.604. The van der Waals surface area contributed by atoms with Crippen LogP contribution in [0.5, 0.6) is 5.88 Å². The van der Waals surface area contributed by atoms with Gasteiger partial charge in [-0.15, -0.1) is 11.3 Å². The topological polar surface area (TPSA) is 55.0 Å². The van der Waals surface area contributed by atoms with Crippen LogP contribution in [0.4, 0.5) is 0 Å². The number of thiophene rings is 1. The van der Waals surface area contributed by atoms with E-state index in [4.69, 9.17) is 4.74 Å². The number of pyridine rings is 2. The highest BCUT2D eigenvalue weighted by Crippen LogP contribution is 2.33. The van der Waals surface area contributed by atoms with E-state index in [9.17, 15) is 4.79 Å². The number of aryl methyl sites for hydroxylation is 1. The van der Waals surface area contributed by atoms with E-state index in [2.05, 4.69) is 27.5 Å². The van der Waals surface area contributed by atoms with Gasteiger partial charge in [0, 0.05) is 33.2 Å². The van der Waals surface area contributed by atoms with Gasteiger partial charge in [-0.2, -0.15) is 4.98 Å². The molecule has 23 heavy (non-hydrogen) atoms. The second-order valence-corrected chi connectivity index (χ2v) is 6.31. The third-order valence-electron chi connectivity index (χ3n) is 3.95. The lowest BCUT2D eigenvalue weighted by molar-refractivity contribution is 0.399. The monoisotopic (exact) mass is 322 g/mol. The van der Waals surface area contributed by atoms with Gasteiger partial charge in [-0.3, -0.25) is 4.79 Å². The largest absolute Gasteiger partial charge is 0.481 e. The highest BCUT2D eigenvalue weighted by Gasteiger charge is 2.12. The molecule has 5 heteroatoms. The van der Waals surface area contributed by atoms with Crippen LogP contribution in [0.1, 0.15) is 5.56 Å². The van der Waals surface area contributed by atoms with Gasteiger partial charge in [-0.1, -0.05) is 18.2 Å². The number of aromatic nitrogens is 2. The molecule has 3 aromatic heterocycles. The van der Waals surface area contributed by atoms with Crippen molar-refractivity contribution in [1.29, 1.82) is 0 Å². The molecule has 0 aliphatic rings. The molecule has 0 saturated carbocycles. The number of hydrogen-bond donors (Lipinski definition) is 1. The third kappa shape index (κ3) is 2.21. The van der Waals surface area contributed by atoms with Gasteiger partial charge in [0.1, 0.15) is 5.65 Å². The van der Waals surface area contributed by atoms with E-state index >= 15 is 0 Å². The van der Waals surface area contributed by atoms with Gasteiger partial charge >= 0.3 is 0 Å². The van der Waals surface area contributed by atoms with Gasteiger partial charge in [0.15, 0.2) is 5.43 Å². The van der Waals surface area contributed by atoms with Crippen molar-refractivity contribution in [3.63, 3.8) is 0 Å². The molecule has 1 N–H and O–H groups in total. The number of fused-ring (bicyclic) bond motifs is 2. The highest BCUT2D eigenvalue weighted by molar-refractivity contribution is 7.17. The number of hydrogen-bond acceptors (Lipinski definition) is 4. The first-order chi connectivity index (χ1) is 11.2. The maximum Gasteiger partial charge on any atom is 0.215 e. The van der Waals surface area contributed by atoms with Crippen LogP contribution in [0.3, 0.4) is 0 Å². The molecule has 114 valence electrons. The zero-order chi connectivity index (χ0) is 16.0. The molecule has 0 radical (unpaired) electrons. The van der Waals surface area contributed by atoms with Gasteiger partial charge in [0.2, 0.25) is 5.88 Å². The van der Waals surface area contributed by atoms with Crippen LogP contribution in [-0.4, -0.2) is 17.1 Å². The molecule has 3 heterocycles. The molecule has 0 saturated heterocycles. The molecule has 0 aliphatic carbocycles. The standard InChI is InChI=1S/C18H14N2O2S/c1-10-7-16(22-2)20-18-17(10)14(21)8-13(19-18)12-9-23-15-6-4-3-5-11(12)15/h3-9H,1-2H3,(H,19,20,21). The number of nitrogens with one attached hydrogen (secondary N) is 1. The number of H-pyrrole nitrogens is 1. The lowest BCUT2D eigenvalue weighted by Gasteiger charge is -2.07. The summed E-state index contributed by atoms with van der Waals surface area (Å²) in [5, 5.41) is 3.80. The SMILES string of the molecule is COc1cc(C)c2c(=O)cc(-c3csc4ccccc34)[nH]c2n1. The fourth-order valence-electron chi connectivity index (χ4n) is 2.85. The predicted molar refractivity (Wildman–Crippen MR) is 94.5 cm³/mol. The van der Waals surface area contributed by atoms with Crippen LogP contribution in [0.15, 0.2) is 46.6 Å². The van der Waals surface area contributed by atoms with E-state index in [1.807, 2.05) is 19.1 Å². The van der Waals surface area contributed by atoms with Crippen molar-refractivity contribution in [3.05, 3.63) is 57.6 Å². The Morgan fingerprint density at radius 2 is 2.04 bits per heavy atom. The molecule has 0 atom stereocenters. The molecule has 4 nitrogen and oxygen atoms in total. The molecule has 4 aromatic rings. The lowest BCUT2D eigenvalue weighted by Crippen LogP contribution is -2.06. The Bertz CT molecular complexity index is 1100. The van der Waals surface area contributed by atoms with E-state index in [-0.39, 0.29) is 5.43 Å². The van der Waals surface area contributed by atoms with Crippen LogP contribution < -0.4 is 10.2 Å². The van der Waals surface area contributed by atoms with E-state index in [0.717, 1.165) is 22.2 Å². The summed E-state index contributed by atoms with van der Waals surface area (Å²) >= 11 is 1.66. The first kappa shape index (κ1) is 14.0. The maximum atomic E-state index is 12.6. The van der Waals surface area contributed by atoms with E-state index < -0.39 is 0 Å². The normalized spacial score (nSPS) is 11.2. The summed E-state index contributed by atoms with van der Waals surface area (Å²) in [7, 11) is 1.57. The Morgan fingerprint density at radius 3 is 2.87 bits per heavy atom. The molecule has 0 spiro atoms. The van der Waals surface area contributed by atoms with E-state index in [1.165, 1.54) is 4.70 Å². The zero-order valence-corrected chi connectivity index (χ0v) is 13.5. The Hall–Kier alpha value is -2.66. The smallest absolute Gasteiger partial charge is 0.215 e. The average Bonchev–Trinajstić information content (AvgIpc) is 2.98. The number of nitrogens with zero attached hydrogens (tertiary/aromatic N) is 1. The van der Waals surface area contributed by atoms with Crippen LogP contribution in [0, 0.1) is 6.92 Å². The van der Waals surface area contributed by atoms with E-state index in [0.29, 0.717) is 16.9 Å². The summed E-state index contributed by atoms with van der Waals surface area (Å²) in [5.41, 5.74) is 3.18. The van der Waals surface area contributed by atoms with Crippen molar-refractivity contribution in [1.82, 2.24) is 9.97 Å². The Kier molecular flexibility index (Phi) is 3.16. The minimum Gasteiger partial charge on any atom is -0.481 e. The highest BCUT2D eigenvalue weighted by atomic mass is 32.1. The molecular weight excluding hydrogens is 308 g/mol. The first-order valence-corrected chi connectivity index (χ1v) is 8.10. The van der Waals surface area contributed by atoms with Gasteiger partial charge in [0.25, 0.3) is 0 Å². The predicted octanol–water partition coefficient (Wildman–Crippen LogP) is 4.12. The minimum absolute atomic E-state index is 0.0308. The molecule has 4 rings (SSSR count). The van der Waals surface area contributed by atoms with Gasteiger partial charge in [0.05, 0.1) is 18.2 Å². The van der Waals surface area contributed by atoms with Crippen molar-refractivity contribution >= 4 is 32.5 Å². The summed E-state index contributed by atoms with van der Waals surface area (Å²) in [6.07, 6.45) is 0. The van der Waals surface area contributed by atoms with E-state index in [1.54, 1.807) is 30.6 Å². The fraction of sp³-hybridized carbons (Fsp3) is 0.111. The first-order valence-electron chi connectivity index (χ1n) is 7.22. The number of rotatable bonds is 2. The third-order valence-corrected chi connectivity index (χ3v) is 4.91. The second kappa shape index (κ2) is 5.21. The summed E-state index contributed by atoms with van der Waals surface area (Å²) < 4.78 is 6.41. The number of aromatic amines is 1.